The first-order chi connectivity index (χ1) is 30.0. The fourth-order valence-electron chi connectivity index (χ4n) is 10.3. The minimum atomic E-state index is -0.598. The van der Waals surface area contributed by atoms with Crippen LogP contribution in [0.1, 0.15) is 80.5 Å². The van der Waals surface area contributed by atoms with Crippen LogP contribution < -0.4 is 9.80 Å². The number of pyridine rings is 1. The van der Waals surface area contributed by atoms with Gasteiger partial charge in [0, 0.05) is 29.2 Å². The maximum atomic E-state index is 5.10. The first-order valence-corrected chi connectivity index (χ1v) is 22.0. The zero-order chi connectivity index (χ0) is 42.4. The Balaban J connectivity index is 1.16. The van der Waals surface area contributed by atoms with Crippen molar-refractivity contribution in [1.29, 1.82) is 0 Å². The number of fused-ring (bicyclic) bond motifs is 7. The van der Waals surface area contributed by atoms with Crippen molar-refractivity contribution in [1.82, 2.24) is 9.55 Å². The lowest BCUT2D eigenvalue weighted by atomic mass is 9.67. The fourth-order valence-corrected chi connectivity index (χ4v) is 10.3. The summed E-state index contributed by atoms with van der Waals surface area (Å²) in [7, 11) is 0. The van der Waals surface area contributed by atoms with Crippen molar-refractivity contribution in [3.63, 3.8) is 0 Å². The number of hydrogen-bond donors (Lipinski definition) is 0. The number of para-hydroxylation sites is 2. The quantitative estimate of drug-likeness (QED) is 0.167. The molecule has 11 rings (SSSR count). The molecule has 0 saturated carbocycles. The molecule has 0 saturated heterocycles. The SMILES string of the molecule is CC(C)(C)c1ccnc(-n2c3ccc(C(C)(C)C)cc3c3ccc(C4(c5cccc(N6CN(Cc7ccccc7)c7ccccc76)c5)c5ccccc5-c5ccccc54)cc32)c1. The lowest BCUT2D eigenvalue weighted by Gasteiger charge is -2.35. The molecule has 0 N–H and O–H groups in total. The van der Waals surface area contributed by atoms with Gasteiger partial charge in [0.05, 0.1) is 34.5 Å². The van der Waals surface area contributed by atoms with Crippen LogP contribution in [0.4, 0.5) is 17.1 Å². The van der Waals surface area contributed by atoms with Gasteiger partial charge in [-0.05, 0) is 115 Å². The van der Waals surface area contributed by atoms with Gasteiger partial charge in [-0.2, -0.15) is 0 Å². The summed E-state index contributed by atoms with van der Waals surface area (Å²) in [6.07, 6.45) is 1.98. The molecule has 2 aromatic heterocycles. The Morgan fingerprint density at radius 1 is 0.516 bits per heavy atom. The number of benzene rings is 7. The summed E-state index contributed by atoms with van der Waals surface area (Å²) >= 11 is 0. The van der Waals surface area contributed by atoms with E-state index >= 15 is 0 Å². The Labute approximate surface area is 365 Å². The maximum absolute atomic E-state index is 5.10. The van der Waals surface area contributed by atoms with Crippen LogP contribution in [0.25, 0.3) is 38.8 Å². The van der Waals surface area contributed by atoms with Gasteiger partial charge in [-0.3, -0.25) is 4.57 Å². The Bertz CT molecular complexity index is 3130. The Hall–Kier alpha value is -6.91. The molecule has 304 valence electrons. The summed E-state index contributed by atoms with van der Waals surface area (Å²) in [5, 5.41) is 2.48. The smallest absolute Gasteiger partial charge is 0.137 e. The highest BCUT2D eigenvalue weighted by Crippen LogP contribution is 2.57. The van der Waals surface area contributed by atoms with Crippen LogP contribution in [0.5, 0.6) is 0 Å². The lowest BCUT2D eigenvalue weighted by molar-refractivity contribution is 0.588. The minimum Gasteiger partial charge on any atom is -0.347 e. The van der Waals surface area contributed by atoms with E-state index in [1.54, 1.807) is 0 Å². The van der Waals surface area contributed by atoms with Gasteiger partial charge in [0.2, 0.25) is 0 Å². The molecular formula is C58H52N4. The molecule has 4 heteroatoms. The van der Waals surface area contributed by atoms with Crippen LogP contribution in [0.2, 0.25) is 0 Å². The van der Waals surface area contributed by atoms with E-state index in [0.717, 1.165) is 24.5 Å². The summed E-state index contributed by atoms with van der Waals surface area (Å²) in [4.78, 5) is 10.1. The zero-order valence-corrected chi connectivity index (χ0v) is 36.5. The molecule has 0 amide bonds. The second kappa shape index (κ2) is 14.1. The second-order valence-electron chi connectivity index (χ2n) is 19.3. The highest BCUT2D eigenvalue weighted by molar-refractivity contribution is 6.10. The van der Waals surface area contributed by atoms with Gasteiger partial charge in [-0.25, -0.2) is 4.98 Å². The predicted molar refractivity (Wildman–Crippen MR) is 259 cm³/mol. The van der Waals surface area contributed by atoms with E-state index in [2.05, 4.69) is 232 Å². The molecule has 0 bridgehead atoms. The van der Waals surface area contributed by atoms with Crippen LogP contribution in [-0.4, -0.2) is 16.2 Å². The highest BCUT2D eigenvalue weighted by Gasteiger charge is 2.46. The van der Waals surface area contributed by atoms with Gasteiger partial charge in [-0.15, -0.1) is 0 Å². The van der Waals surface area contributed by atoms with Crippen molar-refractivity contribution >= 4 is 38.9 Å². The van der Waals surface area contributed by atoms with Crippen molar-refractivity contribution in [2.24, 2.45) is 0 Å². The largest absolute Gasteiger partial charge is 0.347 e. The molecule has 0 fully saturated rings. The van der Waals surface area contributed by atoms with Gasteiger partial charge in [-0.1, -0.05) is 163 Å². The van der Waals surface area contributed by atoms with Crippen LogP contribution in [0.3, 0.4) is 0 Å². The molecular weight excluding hydrogens is 753 g/mol. The molecule has 7 aromatic carbocycles. The first-order valence-electron chi connectivity index (χ1n) is 22.0. The van der Waals surface area contributed by atoms with Gasteiger partial charge in [0.25, 0.3) is 0 Å². The first kappa shape index (κ1) is 38.0. The number of nitrogens with zero attached hydrogens (tertiary/aromatic N) is 4. The third-order valence-corrected chi connectivity index (χ3v) is 13.5. The lowest BCUT2D eigenvalue weighted by Crippen LogP contribution is -2.30. The molecule has 1 aliphatic heterocycles. The molecule has 4 nitrogen and oxygen atoms in total. The van der Waals surface area contributed by atoms with Gasteiger partial charge >= 0.3 is 0 Å². The second-order valence-corrected chi connectivity index (χ2v) is 19.3. The molecule has 2 aliphatic rings. The molecule has 9 aromatic rings. The summed E-state index contributed by atoms with van der Waals surface area (Å²) in [6.45, 7) is 15.3. The van der Waals surface area contributed by atoms with Crippen molar-refractivity contribution in [3.8, 4) is 16.9 Å². The normalized spacial score (nSPS) is 14.4. The minimum absolute atomic E-state index is 0.00767. The molecule has 0 spiro atoms. The van der Waals surface area contributed by atoms with E-state index in [9.17, 15) is 0 Å². The number of rotatable bonds is 6. The average Bonchev–Trinajstić information content (AvgIpc) is 3.92. The summed E-state index contributed by atoms with van der Waals surface area (Å²) in [6, 6.07) is 65.9. The highest BCUT2D eigenvalue weighted by atomic mass is 15.4. The maximum Gasteiger partial charge on any atom is 0.137 e. The number of anilines is 3. The summed E-state index contributed by atoms with van der Waals surface area (Å²) in [5.74, 6) is 0.939. The van der Waals surface area contributed by atoms with E-state index in [1.807, 2.05) is 6.20 Å². The monoisotopic (exact) mass is 804 g/mol. The van der Waals surface area contributed by atoms with E-state index in [0.29, 0.717) is 0 Å². The Kier molecular flexibility index (Phi) is 8.63. The average molecular weight is 805 g/mol. The van der Waals surface area contributed by atoms with E-state index in [-0.39, 0.29) is 10.8 Å². The standard InChI is InChI=1S/C58H52N4/c1-56(2,3)40-28-30-51-48(34-40)47-29-27-43(35-54(47)62(51)55-36-41(31-32-59-55)57(4,5)6)58(49-23-12-10-21-45(49)46-22-11-13-24-50(46)58)42-19-16-20-44(33-42)61-38-60(37-39-17-8-7-9-18-39)52-25-14-15-26-53(52)61/h7-36H,37-38H2,1-6H3. The van der Waals surface area contributed by atoms with E-state index in [4.69, 9.17) is 4.98 Å². The summed E-state index contributed by atoms with van der Waals surface area (Å²) in [5.41, 5.74) is 16.9. The van der Waals surface area contributed by atoms with E-state index in [1.165, 1.54) is 83.4 Å². The third-order valence-electron chi connectivity index (χ3n) is 13.5. The number of hydrogen-bond acceptors (Lipinski definition) is 3. The van der Waals surface area contributed by atoms with Crippen molar-refractivity contribution in [2.45, 2.75) is 64.3 Å². The number of aromatic nitrogens is 2. The molecule has 0 radical (unpaired) electrons. The fraction of sp³-hybridized carbons (Fsp3) is 0.190. The van der Waals surface area contributed by atoms with Crippen LogP contribution in [-0.2, 0) is 22.8 Å². The van der Waals surface area contributed by atoms with Crippen LogP contribution in [0.15, 0.2) is 182 Å². The molecule has 0 atom stereocenters. The van der Waals surface area contributed by atoms with Gasteiger partial charge in [0.15, 0.2) is 0 Å². The molecule has 1 aliphatic carbocycles. The van der Waals surface area contributed by atoms with Crippen LogP contribution in [0, 0.1) is 0 Å². The van der Waals surface area contributed by atoms with E-state index < -0.39 is 5.41 Å². The van der Waals surface area contributed by atoms with Crippen molar-refractivity contribution < 1.29 is 0 Å². The third kappa shape index (κ3) is 5.91. The predicted octanol–water partition coefficient (Wildman–Crippen LogP) is 14.3. The van der Waals surface area contributed by atoms with Crippen molar-refractivity contribution in [2.75, 3.05) is 16.5 Å². The van der Waals surface area contributed by atoms with Crippen molar-refractivity contribution in [3.05, 3.63) is 221 Å². The molecule has 0 unspecified atom stereocenters. The van der Waals surface area contributed by atoms with Gasteiger partial charge < -0.3 is 9.80 Å². The molecule has 62 heavy (non-hydrogen) atoms. The molecule has 3 heterocycles. The Morgan fingerprint density at radius 2 is 1.16 bits per heavy atom. The van der Waals surface area contributed by atoms with Crippen LogP contribution >= 0.6 is 0 Å². The summed E-state index contributed by atoms with van der Waals surface area (Å²) < 4.78 is 2.41. The topological polar surface area (TPSA) is 24.3 Å². The van der Waals surface area contributed by atoms with Gasteiger partial charge in [0.1, 0.15) is 5.82 Å². The Morgan fingerprint density at radius 3 is 1.89 bits per heavy atom. The zero-order valence-electron chi connectivity index (χ0n) is 36.5.